The van der Waals surface area contributed by atoms with E-state index in [-0.39, 0.29) is 88.6 Å². The molecule has 0 radical (unpaired) electrons. The van der Waals surface area contributed by atoms with Crippen molar-refractivity contribution in [3.63, 3.8) is 0 Å². The molecule has 3 N–H and O–H groups in total. The molecule has 3 aliphatic carbocycles. The van der Waals surface area contributed by atoms with Gasteiger partial charge in [-0.25, -0.2) is 0 Å². The van der Waals surface area contributed by atoms with Crippen molar-refractivity contribution in [2.45, 2.75) is 274 Å². The first-order chi connectivity index (χ1) is 49.2. The van der Waals surface area contributed by atoms with Crippen LogP contribution in [0.15, 0.2) is 18.2 Å². The van der Waals surface area contributed by atoms with Crippen molar-refractivity contribution < 1.29 is 70.7 Å². The number of carbonyl (C=O) groups is 12. The Hall–Kier alpha value is -7.06. The highest BCUT2D eigenvalue weighted by atomic mass is 35.5. The molecule has 1 aromatic rings. The Kier molecular flexibility index (Phi) is 29.0. The van der Waals surface area contributed by atoms with Crippen LogP contribution in [-0.2, 0) is 70.1 Å². The maximum atomic E-state index is 15.8. The van der Waals surface area contributed by atoms with Crippen LogP contribution in [0.2, 0.25) is 5.02 Å². The lowest BCUT2D eigenvalue weighted by atomic mass is 9.83. The summed E-state index contributed by atoms with van der Waals surface area (Å²) < 4.78 is 41.8. The van der Waals surface area contributed by atoms with Crippen molar-refractivity contribution in [1.29, 1.82) is 0 Å². The lowest BCUT2D eigenvalue weighted by Gasteiger charge is -2.45. The number of carbonyl (C=O) groups excluding carboxylic acids is 12. The number of amides is 12. The lowest BCUT2D eigenvalue weighted by molar-refractivity contribution is -0.160. The standard InChI is InChI=1S/C76H116ClF3N12O12/c1-12-48(4)64-73(103)85(7)49(5)67(97)92-40-34-57(92)70(100)87(9)59(43-50-25-16-13-17-26-50)69(99)84(6)46-62(93)81-55(33-31-52-30-32-53(54(77)42-52)76(78,79)80)68(98)91-39-24-29-56(91)66(96)83-75(35-20-21-36-75)74(104)89(11)60(44-51-27-18-14-19-28-51)71(101)88(10)61(72(102)90-37-22-15-23-38-90)45-63(94)86(8)58(41-47(2)3)65(95)82-64/h30,32,42,47-51,55-61,64H,12-29,31,33-41,43-46H2,1-11H3,(H,81,93)(H,82,95)(H,83,96)/t48-,49-,55-,56-,57-,58-,59-,60-,61-,64-/m0/s1. The molecule has 0 bridgehead atoms. The van der Waals surface area contributed by atoms with Gasteiger partial charge in [-0.1, -0.05) is 129 Å². The largest absolute Gasteiger partial charge is 0.417 e. The summed E-state index contributed by atoms with van der Waals surface area (Å²) in [7, 11) is 8.78. The van der Waals surface area contributed by atoms with Crippen molar-refractivity contribution in [3.8, 4) is 0 Å². The SMILES string of the molecule is CC[C@H](C)[C@@H]1NC(=O)[C@H](CC(C)C)N(C)C(=O)C[C@@H](C(=O)N2CCCCC2)N(C)C(=O)[C@H](CC2CCCCC2)N(C)C(=O)C2(CCCC2)NC(=O)[C@@H]2CCCN2C(=O)[C@H](CCc2ccc(C(F)(F)F)c(Cl)c2)NC(=O)CN(C)C(=O)[C@H](CC2CCCCC2)N(C)C(=O)[C@@H]2CCN2C(=O)[C@H](C)N(C)C1=O. The minimum atomic E-state index is -4.76. The Morgan fingerprint density at radius 1 is 0.596 bits per heavy atom. The third kappa shape index (κ3) is 19.8. The number of nitrogens with zero attached hydrogens (tertiary/aromatic N) is 9. The summed E-state index contributed by atoms with van der Waals surface area (Å²) in [5.41, 5.74) is -2.33. The van der Waals surface area contributed by atoms with Gasteiger partial charge >= 0.3 is 6.18 Å². The second-order valence-corrected chi connectivity index (χ2v) is 32.0. The second-order valence-electron chi connectivity index (χ2n) is 31.5. The molecule has 7 aliphatic rings. The molecule has 104 heavy (non-hydrogen) atoms. The van der Waals surface area contributed by atoms with Gasteiger partial charge < -0.3 is 60.0 Å². The summed E-state index contributed by atoms with van der Waals surface area (Å²) in [5, 5.41) is 8.28. The maximum Gasteiger partial charge on any atom is 0.417 e. The van der Waals surface area contributed by atoms with Crippen LogP contribution >= 0.6 is 11.6 Å². The van der Waals surface area contributed by atoms with Crippen LogP contribution in [0.5, 0.6) is 0 Å². The second kappa shape index (κ2) is 36.5. The monoisotopic (exact) mass is 1480 g/mol. The quantitative estimate of drug-likeness (QED) is 0.185. The van der Waals surface area contributed by atoms with Crippen LogP contribution in [0.4, 0.5) is 13.2 Å². The molecule has 4 saturated heterocycles. The van der Waals surface area contributed by atoms with E-state index in [9.17, 15) is 32.3 Å². The Bertz CT molecular complexity index is 3260. The molecule has 0 aromatic heterocycles. The molecule has 3 saturated carbocycles. The first-order valence-electron chi connectivity index (χ1n) is 38.4. The summed E-state index contributed by atoms with van der Waals surface area (Å²) in [6, 6.07) is -7.70. The molecular weight excluding hydrogens is 1370 g/mol. The van der Waals surface area contributed by atoms with Crippen LogP contribution in [0.1, 0.15) is 213 Å². The molecular formula is C76H116ClF3N12O12. The molecule has 28 heteroatoms. The van der Waals surface area contributed by atoms with Crippen LogP contribution in [0, 0.1) is 23.7 Å². The smallest absolute Gasteiger partial charge is 0.343 e. The summed E-state index contributed by atoms with van der Waals surface area (Å²) in [6.45, 7) is 9.26. The topological polar surface area (TPSA) is 270 Å². The van der Waals surface area contributed by atoms with E-state index in [1.165, 1.54) is 89.6 Å². The number of likely N-dealkylation sites (tertiary alicyclic amines) is 1. The Morgan fingerprint density at radius 2 is 1.18 bits per heavy atom. The number of alkyl halides is 3. The van der Waals surface area contributed by atoms with Gasteiger partial charge in [0.05, 0.1) is 23.6 Å². The zero-order valence-electron chi connectivity index (χ0n) is 63.3. The van der Waals surface area contributed by atoms with Crippen molar-refractivity contribution in [1.82, 2.24) is 60.0 Å². The molecule has 0 unspecified atom stereocenters. The van der Waals surface area contributed by atoms with Crippen LogP contribution in [-0.4, -0.2) is 250 Å². The number of nitrogens with one attached hydrogen (secondary N) is 3. The minimum Gasteiger partial charge on any atom is -0.343 e. The van der Waals surface area contributed by atoms with Crippen LogP contribution < -0.4 is 16.0 Å². The van der Waals surface area contributed by atoms with E-state index in [1.54, 1.807) is 11.8 Å². The van der Waals surface area contributed by atoms with E-state index in [2.05, 4.69) is 16.0 Å². The van der Waals surface area contributed by atoms with Gasteiger partial charge in [0, 0.05) is 68.5 Å². The summed E-state index contributed by atoms with van der Waals surface area (Å²) in [5.74, 6) is -8.05. The van der Waals surface area contributed by atoms with Gasteiger partial charge in [0.1, 0.15) is 59.9 Å². The highest BCUT2D eigenvalue weighted by molar-refractivity contribution is 6.31. The number of fused-ring (bicyclic) bond motifs is 2. The van der Waals surface area contributed by atoms with E-state index >= 15 is 38.4 Å². The number of piperidine rings is 1. The molecule has 12 amide bonds. The Balaban J connectivity index is 1.19. The third-order valence-corrected chi connectivity index (χ3v) is 24.2. The van der Waals surface area contributed by atoms with Crippen molar-refractivity contribution in [3.05, 3.63) is 34.3 Å². The van der Waals surface area contributed by atoms with Gasteiger partial charge in [-0.15, -0.1) is 0 Å². The number of aryl methyl sites for hydroxylation is 1. The number of likely N-dealkylation sites (N-methyl/N-ethyl adjacent to an activating group) is 6. The van der Waals surface area contributed by atoms with Gasteiger partial charge in [0.25, 0.3) is 0 Å². The van der Waals surface area contributed by atoms with Crippen molar-refractivity contribution in [2.24, 2.45) is 23.7 Å². The molecule has 24 nitrogen and oxygen atoms in total. The fraction of sp³-hybridized carbons (Fsp3) is 0.763. The van der Waals surface area contributed by atoms with Gasteiger partial charge in [0.2, 0.25) is 70.9 Å². The Morgan fingerprint density at radius 3 is 1.74 bits per heavy atom. The van der Waals surface area contributed by atoms with Crippen LogP contribution in [0.25, 0.3) is 0 Å². The molecule has 4 aliphatic heterocycles. The third-order valence-electron chi connectivity index (χ3n) is 23.9. The van der Waals surface area contributed by atoms with Crippen molar-refractivity contribution >= 4 is 82.5 Å². The zero-order chi connectivity index (χ0) is 76.2. The van der Waals surface area contributed by atoms with Gasteiger partial charge in [-0.05, 0) is 132 Å². The average Bonchev–Trinajstić information content (AvgIpc) is 1.11. The predicted octanol–water partition coefficient (Wildman–Crippen LogP) is 7.34. The minimum absolute atomic E-state index is 0.0118. The first-order valence-corrected chi connectivity index (χ1v) is 38.8. The summed E-state index contributed by atoms with van der Waals surface area (Å²) in [4.78, 5) is 194. The van der Waals surface area contributed by atoms with E-state index in [1.807, 2.05) is 20.8 Å². The highest BCUT2D eigenvalue weighted by Crippen LogP contribution is 2.39. The van der Waals surface area contributed by atoms with Gasteiger partial charge in [0.15, 0.2) is 0 Å². The normalized spacial score (nSPS) is 28.2. The van der Waals surface area contributed by atoms with Crippen molar-refractivity contribution in [2.75, 3.05) is 75.0 Å². The van der Waals surface area contributed by atoms with E-state index in [0.29, 0.717) is 57.2 Å². The van der Waals surface area contributed by atoms with E-state index in [4.69, 9.17) is 11.6 Å². The van der Waals surface area contributed by atoms with Gasteiger partial charge in [-0.3, -0.25) is 57.5 Å². The van der Waals surface area contributed by atoms with E-state index < -0.39 is 166 Å². The van der Waals surface area contributed by atoms with E-state index in [0.717, 1.165) is 87.7 Å². The fourth-order valence-electron chi connectivity index (χ4n) is 16.8. The zero-order valence-corrected chi connectivity index (χ0v) is 64.1. The average molecular weight is 1480 g/mol. The maximum absolute atomic E-state index is 15.8. The molecule has 1 aromatic carbocycles. The molecule has 580 valence electrons. The Labute approximate surface area is 617 Å². The fourth-order valence-corrected chi connectivity index (χ4v) is 17.1. The highest BCUT2D eigenvalue weighted by Gasteiger charge is 2.52. The molecule has 4 heterocycles. The van der Waals surface area contributed by atoms with Gasteiger partial charge in [-0.2, -0.15) is 13.2 Å². The lowest BCUT2D eigenvalue weighted by Crippen LogP contribution is -2.65. The molecule has 7 fully saturated rings. The molecule has 8 rings (SSSR count). The summed E-state index contributed by atoms with van der Waals surface area (Å²) >= 11 is 6.19. The number of hydrogen-bond donors (Lipinski definition) is 3. The predicted molar refractivity (Wildman–Crippen MR) is 385 cm³/mol. The molecule has 1 spiro atoms. The van der Waals surface area contributed by atoms with Crippen LogP contribution in [0.3, 0.4) is 0 Å². The molecule has 10 atom stereocenters. The number of hydrogen-bond acceptors (Lipinski definition) is 12. The number of rotatable bonds is 12. The number of benzene rings is 1. The number of halogens is 4. The summed E-state index contributed by atoms with van der Waals surface area (Å²) in [6.07, 6.45) is 8.47. The first kappa shape index (κ1) is 82.6.